The number of ether oxygens (including phenoxy) is 1. The number of amides is 1. The first-order chi connectivity index (χ1) is 12.1. The maximum Gasteiger partial charge on any atom is 0.225 e. The van der Waals surface area contributed by atoms with E-state index in [9.17, 15) is 13.2 Å². The summed E-state index contributed by atoms with van der Waals surface area (Å²) >= 11 is 0. The van der Waals surface area contributed by atoms with E-state index in [0.717, 1.165) is 19.3 Å². The molecule has 1 saturated heterocycles. The van der Waals surface area contributed by atoms with Crippen LogP contribution in [0.15, 0.2) is 30.3 Å². The van der Waals surface area contributed by atoms with Gasteiger partial charge >= 0.3 is 0 Å². The van der Waals surface area contributed by atoms with Crippen LogP contribution in [0.25, 0.3) is 0 Å². The Labute approximate surface area is 149 Å². The zero-order valence-electron chi connectivity index (χ0n) is 14.5. The molecule has 2 aliphatic rings. The van der Waals surface area contributed by atoms with Gasteiger partial charge in [0.2, 0.25) is 15.9 Å². The summed E-state index contributed by atoms with van der Waals surface area (Å²) in [6, 6.07) is 9.21. The third-order valence-corrected chi connectivity index (χ3v) is 6.80. The fourth-order valence-electron chi connectivity index (χ4n) is 3.22. The van der Waals surface area contributed by atoms with Gasteiger partial charge in [-0.25, -0.2) is 8.42 Å². The molecule has 1 amide bonds. The fourth-order valence-corrected chi connectivity index (χ4v) is 4.54. The van der Waals surface area contributed by atoms with Crippen LogP contribution in [0.4, 0.5) is 0 Å². The molecule has 0 radical (unpaired) electrons. The van der Waals surface area contributed by atoms with Crippen LogP contribution in [0.2, 0.25) is 0 Å². The van der Waals surface area contributed by atoms with Gasteiger partial charge in [-0.05, 0) is 31.4 Å². The second-order valence-electron chi connectivity index (χ2n) is 6.68. The molecule has 6 nitrogen and oxygen atoms in total. The van der Waals surface area contributed by atoms with Crippen LogP contribution in [0.5, 0.6) is 5.75 Å². The zero-order valence-corrected chi connectivity index (χ0v) is 15.3. The van der Waals surface area contributed by atoms with Crippen molar-refractivity contribution >= 4 is 15.9 Å². The van der Waals surface area contributed by atoms with Crippen molar-refractivity contribution < 1.29 is 17.9 Å². The summed E-state index contributed by atoms with van der Waals surface area (Å²) in [5.41, 5.74) is 0. The number of benzene rings is 1. The molecule has 1 aliphatic heterocycles. The van der Waals surface area contributed by atoms with E-state index in [1.807, 2.05) is 35.2 Å². The van der Waals surface area contributed by atoms with Crippen molar-refractivity contribution in [3.8, 4) is 5.75 Å². The molecule has 0 bridgehead atoms. The predicted molar refractivity (Wildman–Crippen MR) is 95.8 cm³/mol. The molecule has 0 aromatic heterocycles. The number of carbonyl (C=O) groups excluding carboxylic acids is 1. The highest BCUT2D eigenvalue weighted by atomic mass is 32.2. The van der Waals surface area contributed by atoms with Gasteiger partial charge in [0.05, 0.1) is 5.75 Å². The highest BCUT2D eigenvalue weighted by Gasteiger charge is 2.32. The van der Waals surface area contributed by atoms with Crippen LogP contribution in [0.3, 0.4) is 0 Å². The molecule has 1 aromatic rings. The van der Waals surface area contributed by atoms with Crippen LogP contribution in [0.1, 0.15) is 25.7 Å². The summed E-state index contributed by atoms with van der Waals surface area (Å²) in [5, 5.41) is 0. The van der Waals surface area contributed by atoms with Crippen LogP contribution >= 0.6 is 0 Å². The predicted octanol–water partition coefficient (Wildman–Crippen LogP) is 1.73. The standard InChI is InChI=1S/C18H26N2O4S/c21-18(16-6-4-7-16)19-10-5-11-20(13-12-19)25(22,23)15-14-24-17-8-2-1-3-9-17/h1-3,8-9,16H,4-7,10-15H2. The lowest BCUT2D eigenvalue weighted by Gasteiger charge is -2.31. The molecule has 1 aromatic carbocycles. The minimum atomic E-state index is -3.37. The molecule has 0 unspecified atom stereocenters. The molecule has 0 N–H and O–H groups in total. The number of nitrogens with zero attached hydrogens (tertiary/aromatic N) is 2. The number of rotatable bonds is 6. The van der Waals surface area contributed by atoms with E-state index in [1.165, 1.54) is 4.31 Å². The van der Waals surface area contributed by atoms with E-state index in [2.05, 4.69) is 0 Å². The van der Waals surface area contributed by atoms with Crippen molar-refractivity contribution in [1.82, 2.24) is 9.21 Å². The first-order valence-electron chi connectivity index (χ1n) is 9.01. The van der Waals surface area contributed by atoms with Gasteiger partial charge in [-0.1, -0.05) is 24.6 Å². The Kier molecular flexibility index (Phi) is 5.96. The topological polar surface area (TPSA) is 66.9 Å². The van der Waals surface area contributed by atoms with E-state index in [4.69, 9.17) is 4.74 Å². The molecule has 7 heteroatoms. The normalized spacial score (nSPS) is 19.9. The molecule has 0 atom stereocenters. The van der Waals surface area contributed by atoms with Crippen molar-refractivity contribution in [2.75, 3.05) is 38.5 Å². The smallest absolute Gasteiger partial charge is 0.225 e. The number of sulfonamides is 1. The summed E-state index contributed by atoms with van der Waals surface area (Å²) in [4.78, 5) is 14.2. The lowest BCUT2D eigenvalue weighted by atomic mass is 9.84. The molecule has 1 saturated carbocycles. The lowest BCUT2D eigenvalue weighted by Crippen LogP contribution is -2.42. The Bertz CT molecular complexity index is 674. The fraction of sp³-hybridized carbons (Fsp3) is 0.611. The van der Waals surface area contributed by atoms with Gasteiger partial charge < -0.3 is 9.64 Å². The first kappa shape index (κ1) is 18.2. The Balaban J connectivity index is 1.49. The Morgan fingerprint density at radius 2 is 1.80 bits per heavy atom. The minimum Gasteiger partial charge on any atom is -0.492 e. The summed E-state index contributed by atoms with van der Waals surface area (Å²) in [6.45, 7) is 2.14. The molecule has 25 heavy (non-hydrogen) atoms. The van der Waals surface area contributed by atoms with Crippen LogP contribution in [-0.2, 0) is 14.8 Å². The summed E-state index contributed by atoms with van der Waals surface area (Å²) in [6.07, 6.45) is 3.78. The van der Waals surface area contributed by atoms with E-state index >= 15 is 0 Å². The maximum atomic E-state index is 12.5. The molecule has 0 spiro atoms. The molecule has 1 aliphatic carbocycles. The molecule has 1 heterocycles. The zero-order chi connectivity index (χ0) is 17.7. The molecule has 2 fully saturated rings. The van der Waals surface area contributed by atoms with Crippen molar-refractivity contribution in [2.45, 2.75) is 25.7 Å². The highest BCUT2D eigenvalue weighted by Crippen LogP contribution is 2.28. The highest BCUT2D eigenvalue weighted by molar-refractivity contribution is 7.89. The van der Waals surface area contributed by atoms with E-state index in [1.54, 1.807) is 0 Å². The quantitative estimate of drug-likeness (QED) is 0.769. The minimum absolute atomic E-state index is 0.0432. The van der Waals surface area contributed by atoms with E-state index in [0.29, 0.717) is 38.3 Å². The average Bonchev–Trinajstić information content (AvgIpc) is 2.80. The maximum absolute atomic E-state index is 12.5. The molecular formula is C18H26N2O4S. The Morgan fingerprint density at radius 3 is 2.48 bits per heavy atom. The second kappa shape index (κ2) is 8.19. The number of hydrogen-bond acceptors (Lipinski definition) is 4. The third-order valence-electron chi connectivity index (χ3n) is 4.97. The summed E-state index contributed by atoms with van der Waals surface area (Å²) in [5.74, 6) is 1.00. The van der Waals surface area contributed by atoms with E-state index < -0.39 is 10.0 Å². The number of carbonyl (C=O) groups is 1. The average molecular weight is 366 g/mol. The van der Waals surface area contributed by atoms with Gasteiger partial charge in [-0.15, -0.1) is 0 Å². The van der Waals surface area contributed by atoms with Crippen LogP contribution < -0.4 is 4.74 Å². The number of para-hydroxylation sites is 1. The third kappa shape index (κ3) is 4.73. The van der Waals surface area contributed by atoms with Crippen LogP contribution in [-0.4, -0.2) is 62.1 Å². The first-order valence-corrected chi connectivity index (χ1v) is 10.6. The van der Waals surface area contributed by atoms with Crippen molar-refractivity contribution in [2.24, 2.45) is 5.92 Å². The van der Waals surface area contributed by atoms with Crippen LogP contribution in [0, 0.1) is 5.92 Å². The van der Waals surface area contributed by atoms with Gasteiger partial charge in [0.25, 0.3) is 0 Å². The SMILES string of the molecule is O=C(C1CCC1)N1CCCN(S(=O)(=O)CCOc2ccccc2)CC1. The van der Waals surface area contributed by atoms with Crippen molar-refractivity contribution in [3.05, 3.63) is 30.3 Å². The molecule has 3 rings (SSSR count). The number of hydrogen-bond donors (Lipinski definition) is 0. The van der Waals surface area contributed by atoms with Gasteiger partial charge in [0.15, 0.2) is 0 Å². The Hall–Kier alpha value is -1.60. The molecule has 138 valence electrons. The van der Waals surface area contributed by atoms with Crippen molar-refractivity contribution in [1.29, 1.82) is 0 Å². The van der Waals surface area contributed by atoms with Crippen molar-refractivity contribution in [3.63, 3.8) is 0 Å². The van der Waals surface area contributed by atoms with Gasteiger partial charge in [-0.2, -0.15) is 4.31 Å². The van der Waals surface area contributed by atoms with Gasteiger partial charge in [-0.3, -0.25) is 4.79 Å². The van der Waals surface area contributed by atoms with E-state index in [-0.39, 0.29) is 24.2 Å². The largest absolute Gasteiger partial charge is 0.492 e. The monoisotopic (exact) mass is 366 g/mol. The summed E-state index contributed by atoms with van der Waals surface area (Å²) < 4.78 is 32.1. The molecular weight excluding hydrogens is 340 g/mol. The van der Waals surface area contributed by atoms with Gasteiger partial charge in [0.1, 0.15) is 12.4 Å². The lowest BCUT2D eigenvalue weighted by molar-refractivity contribution is -0.138. The van der Waals surface area contributed by atoms with Gasteiger partial charge in [0, 0.05) is 32.1 Å². The second-order valence-corrected chi connectivity index (χ2v) is 8.77. The Morgan fingerprint density at radius 1 is 1.04 bits per heavy atom. The summed E-state index contributed by atoms with van der Waals surface area (Å²) in [7, 11) is -3.37.